The number of hydrogen-bond donors (Lipinski definition) is 2. The molecular weight excluding hydrogens is 318 g/mol. The number of nitrogens with zero attached hydrogens (tertiary/aromatic N) is 1. The average molecular weight is 332 g/mol. The van der Waals surface area contributed by atoms with Gasteiger partial charge in [0.25, 0.3) is 0 Å². The SMILES string of the molecule is CC(C)C[C@@H](NS(=O)(=O)c1c(F)cc(C#N)cc1F)C(=O)O. The zero-order valence-corrected chi connectivity index (χ0v) is 12.6. The number of carboxylic acids is 1. The summed E-state index contributed by atoms with van der Waals surface area (Å²) in [5, 5.41) is 17.6. The van der Waals surface area contributed by atoms with Gasteiger partial charge in [-0.3, -0.25) is 4.79 Å². The monoisotopic (exact) mass is 332 g/mol. The molecule has 0 aliphatic rings. The lowest BCUT2D eigenvalue weighted by molar-refractivity contribution is -0.139. The van der Waals surface area contributed by atoms with E-state index in [9.17, 15) is 22.0 Å². The summed E-state index contributed by atoms with van der Waals surface area (Å²) in [6.07, 6.45) is -0.0475. The van der Waals surface area contributed by atoms with Gasteiger partial charge < -0.3 is 5.11 Å². The Morgan fingerprint density at radius 1 is 1.36 bits per heavy atom. The van der Waals surface area contributed by atoms with Crippen molar-refractivity contribution in [3.8, 4) is 6.07 Å². The van der Waals surface area contributed by atoms with E-state index in [4.69, 9.17) is 10.4 Å². The molecule has 6 nitrogen and oxygen atoms in total. The molecule has 0 saturated heterocycles. The minimum absolute atomic E-state index is 0.0475. The normalized spacial score (nSPS) is 12.9. The summed E-state index contributed by atoms with van der Waals surface area (Å²) in [5.74, 6) is -4.53. The number of carbonyl (C=O) groups is 1. The van der Waals surface area contributed by atoms with Gasteiger partial charge in [-0.2, -0.15) is 9.98 Å². The molecule has 1 atom stereocenters. The maximum atomic E-state index is 13.7. The second-order valence-electron chi connectivity index (χ2n) is 5.02. The first-order chi connectivity index (χ1) is 10.1. The van der Waals surface area contributed by atoms with E-state index in [1.807, 2.05) is 0 Å². The summed E-state index contributed by atoms with van der Waals surface area (Å²) in [6.45, 7) is 3.35. The van der Waals surface area contributed by atoms with Crippen LogP contribution in [0, 0.1) is 28.9 Å². The van der Waals surface area contributed by atoms with Crippen molar-refractivity contribution in [3.63, 3.8) is 0 Å². The standard InChI is InChI=1S/C13H14F2N2O4S/c1-7(2)3-11(13(18)19)17-22(20,21)12-9(14)4-8(6-16)5-10(12)15/h4-5,7,11,17H,3H2,1-2H3,(H,18,19)/t11-/m1/s1. The van der Waals surface area contributed by atoms with E-state index in [0.717, 1.165) is 0 Å². The van der Waals surface area contributed by atoms with Crippen molar-refractivity contribution in [2.45, 2.75) is 31.2 Å². The third-order valence-electron chi connectivity index (χ3n) is 2.70. The topological polar surface area (TPSA) is 107 Å². The van der Waals surface area contributed by atoms with Crippen molar-refractivity contribution in [3.05, 3.63) is 29.3 Å². The van der Waals surface area contributed by atoms with Crippen molar-refractivity contribution in [2.24, 2.45) is 5.92 Å². The molecule has 1 rings (SSSR count). The van der Waals surface area contributed by atoms with Gasteiger partial charge in [0.2, 0.25) is 10.0 Å². The summed E-state index contributed by atoms with van der Waals surface area (Å²) < 4.78 is 53.3. The first kappa shape index (κ1) is 18.0. The van der Waals surface area contributed by atoms with Gasteiger partial charge in [0, 0.05) is 0 Å². The molecule has 0 aliphatic heterocycles. The molecule has 0 radical (unpaired) electrons. The lowest BCUT2D eigenvalue weighted by atomic mass is 10.1. The molecule has 1 aromatic carbocycles. The van der Waals surface area contributed by atoms with Crippen LogP contribution in [-0.4, -0.2) is 25.5 Å². The molecule has 1 aromatic rings. The number of halogens is 2. The number of sulfonamides is 1. The van der Waals surface area contributed by atoms with Gasteiger partial charge in [-0.15, -0.1) is 0 Å². The van der Waals surface area contributed by atoms with Gasteiger partial charge in [-0.1, -0.05) is 13.8 Å². The minimum Gasteiger partial charge on any atom is -0.480 e. The summed E-state index contributed by atoms with van der Waals surface area (Å²) in [7, 11) is -4.73. The third kappa shape index (κ3) is 4.22. The predicted molar refractivity (Wildman–Crippen MR) is 72.3 cm³/mol. The van der Waals surface area contributed by atoms with Crippen LogP contribution in [0.25, 0.3) is 0 Å². The number of hydrogen-bond acceptors (Lipinski definition) is 4. The lowest BCUT2D eigenvalue weighted by Gasteiger charge is -2.17. The van der Waals surface area contributed by atoms with Crippen molar-refractivity contribution in [1.29, 1.82) is 5.26 Å². The predicted octanol–water partition coefficient (Wildman–Crippen LogP) is 1.61. The molecule has 0 fully saturated rings. The van der Waals surface area contributed by atoms with Gasteiger partial charge in [-0.05, 0) is 24.5 Å². The third-order valence-corrected chi connectivity index (χ3v) is 4.22. The van der Waals surface area contributed by atoms with Crippen LogP contribution < -0.4 is 4.72 Å². The number of carboxylic acid groups (broad SMARTS) is 1. The summed E-state index contributed by atoms with van der Waals surface area (Å²) in [4.78, 5) is 9.75. The molecule has 0 saturated carbocycles. The van der Waals surface area contributed by atoms with Crippen molar-refractivity contribution in [2.75, 3.05) is 0 Å². The maximum absolute atomic E-state index is 13.7. The van der Waals surface area contributed by atoms with E-state index in [0.29, 0.717) is 12.1 Å². The van der Waals surface area contributed by atoms with Crippen LogP contribution in [-0.2, 0) is 14.8 Å². The molecule has 120 valence electrons. The van der Waals surface area contributed by atoms with E-state index < -0.39 is 38.6 Å². The highest BCUT2D eigenvalue weighted by Gasteiger charge is 2.30. The highest BCUT2D eigenvalue weighted by atomic mass is 32.2. The van der Waals surface area contributed by atoms with Crippen LogP contribution in [0.5, 0.6) is 0 Å². The Morgan fingerprint density at radius 2 is 1.86 bits per heavy atom. The fourth-order valence-corrected chi connectivity index (χ4v) is 3.12. The van der Waals surface area contributed by atoms with Gasteiger partial charge in [0.1, 0.15) is 17.7 Å². The first-order valence-corrected chi connectivity index (χ1v) is 7.71. The van der Waals surface area contributed by atoms with E-state index >= 15 is 0 Å². The van der Waals surface area contributed by atoms with Crippen molar-refractivity contribution in [1.82, 2.24) is 4.72 Å². The molecule has 2 N–H and O–H groups in total. The van der Waals surface area contributed by atoms with Crippen molar-refractivity contribution >= 4 is 16.0 Å². The second-order valence-corrected chi connectivity index (χ2v) is 6.67. The Kier molecular flexibility index (Phi) is 5.57. The maximum Gasteiger partial charge on any atom is 0.321 e. The number of benzene rings is 1. The highest BCUT2D eigenvalue weighted by Crippen LogP contribution is 2.21. The first-order valence-electron chi connectivity index (χ1n) is 6.22. The van der Waals surface area contributed by atoms with Gasteiger partial charge in [0.15, 0.2) is 4.90 Å². The molecule has 22 heavy (non-hydrogen) atoms. The Bertz CT molecular complexity index is 703. The van der Waals surface area contributed by atoms with Crippen LogP contribution >= 0.6 is 0 Å². The van der Waals surface area contributed by atoms with Crippen LogP contribution in [0.15, 0.2) is 17.0 Å². The molecule has 9 heteroatoms. The Morgan fingerprint density at radius 3 is 2.23 bits per heavy atom. The van der Waals surface area contributed by atoms with E-state index in [-0.39, 0.29) is 17.9 Å². The smallest absolute Gasteiger partial charge is 0.321 e. The van der Waals surface area contributed by atoms with Gasteiger partial charge in [0.05, 0.1) is 11.6 Å². The fraction of sp³-hybridized carbons (Fsp3) is 0.385. The fourth-order valence-electron chi connectivity index (χ4n) is 1.80. The summed E-state index contributed by atoms with van der Waals surface area (Å²) in [6, 6.07) is 1.10. The molecule has 0 amide bonds. The highest BCUT2D eigenvalue weighted by molar-refractivity contribution is 7.89. The molecular formula is C13H14F2N2O4S. The summed E-state index contributed by atoms with van der Waals surface area (Å²) >= 11 is 0. The Balaban J connectivity index is 3.25. The number of nitriles is 1. The van der Waals surface area contributed by atoms with Crippen LogP contribution in [0.3, 0.4) is 0 Å². The van der Waals surface area contributed by atoms with Gasteiger partial charge in [-0.25, -0.2) is 17.2 Å². The molecule has 0 aromatic heterocycles. The molecule has 0 bridgehead atoms. The zero-order chi connectivity index (χ0) is 17.1. The van der Waals surface area contributed by atoms with Crippen LogP contribution in [0.2, 0.25) is 0 Å². The van der Waals surface area contributed by atoms with Crippen LogP contribution in [0.4, 0.5) is 8.78 Å². The van der Waals surface area contributed by atoms with E-state index in [2.05, 4.69) is 0 Å². The van der Waals surface area contributed by atoms with E-state index in [1.54, 1.807) is 18.6 Å². The largest absolute Gasteiger partial charge is 0.480 e. The van der Waals surface area contributed by atoms with Crippen molar-refractivity contribution < 1.29 is 27.1 Å². The number of nitrogens with one attached hydrogen (secondary N) is 1. The second kappa shape index (κ2) is 6.81. The van der Waals surface area contributed by atoms with E-state index in [1.165, 1.54) is 6.07 Å². The molecule has 0 unspecified atom stereocenters. The number of rotatable bonds is 6. The minimum atomic E-state index is -4.73. The summed E-state index contributed by atoms with van der Waals surface area (Å²) in [5.41, 5.74) is -0.383. The molecule has 0 heterocycles. The Labute approximate surface area is 126 Å². The van der Waals surface area contributed by atoms with Gasteiger partial charge >= 0.3 is 5.97 Å². The lowest BCUT2D eigenvalue weighted by Crippen LogP contribution is -2.42. The quantitative estimate of drug-likeness (QED) is 0.823. The molecule has 0 aliphatic carbocycles. The van der Waals surface area contributed by atoms with Crippen LogP contribution in [0.1, 0.15) is 25.8 Å². The Hall–Kier alpha value is -2.05. The zero-order valence-electron chi connectivity index (χ0n) is 11.8. The molecule has 0 spiro atoms. The average Bonchev–Trinajstić information content (AvgIpc) is 2.35. The number of aliphatic carboxylic acids is 1.